The van der Waals surface area contributed by atoms with Crippen molar-refractivity contribution in [2.75, 3.05) is 5.32 Å². The smallest absolute Gasteiger partial charge is 0.410 e. The van der Waals surface area contributed by atoms with Gasteiger partial charge in [-0.15, -0.1) is 16.4 Å². The number of rotatable bonds is 3. The predicted octanol–water partition coefficient (Wildman–Crippen LogP) is 5.38. The first-order chi connectivity index (χ1) is 12.6. The summed E-state index contributed by atoms with van der Waals surface area (Å²) in [6, 6.07) is 14.0. The van der Waals surface area contributed by atoms with E-state index in [1.54, 1.807) is 40.9 Å². The van der Waals surface area contributed by atoms with Crippen LogP contribution in [0.1, 0.15) is 0 Å². The summed E-state index contributed by atoms with van der Waals surface area (Å²) in [5.41, 5.74) is 1.52. The molecule has 0 aliphatic rings. The number of carbonyl (C=O) groups excluding carboxylic acids is 1. The van der Waals surface area contributed by atoms with Crippen LogP contribution in [0.15, 0.2) is 53.9 Å². The number of halogens is 2. The van der Waals surface area contributed by atoms with Crippen molar-refractivity contribution in [3.63, 3.8) is 0 Å². The van der Waals surface area contributed by atoms with E-state index in [2.05, 4.69) is 15.4 Å². The van der Waals surface area contributed by atoms with Crippen molar-refractivity contribution in [3.8, 4) is 17.0 Å². The number of nitrogens with zero attached hydrogens (tertiary/aromatic N) is 3. The fourth-order valence-electron chi connectivity index (χ4n) is 2.33. The number of thiazole rings is 1. The van der Waals surface area contributed by atoms with Crippen molar-refractivity contribution in [2.45, 2.75) is 0 Å². The molecule has 0 spiro atoms. The predicted molar refractivity (Wildman–Crippen MR) is 102 cm³/mol. The maximum Gasteiger partial charge on any atom is 0.419 e. The van der Waals surface area contributed by atoms with Crippen molar-refractivity contribution < 1.29 is 9.53 Å². The monoisotopic (exact) mass is 404 g/mol. The quantitative estimate of drug-likeness (QED) is 0.497. The van der Waals surface area contributed by atoms with Gasteiger partial charge in [-0.3, -0.25) is 5.32 Å². The number of hydrogen-bond donors (Lipinski definition) is 1. The molecular weight excluding hydrogens is 395 g/mol. The molecule has 0 aliphatic heterocycles. The molecule has 0 fully saturated rings. The summed E-state index contributed by atoms with van der Waals surface area (Å²) in [5, 5.41) is 9.76. The molecule has 0 radical (unpaired) electrons. The van der Waals surface area contributed by atoms with Gasteiger partial charge in [0.25, 0.3) is 5.95 Å². The van der Waals surface area contributed by atoms with Gasteiger partial charge in [0.05, 0.1) is 10.7 Å². The number of amides is 1. The van der Waals surface area contributed by atoms with Crippen LogP contribution in [0.3, 0.4) is 0 Å². The third-order valence-corrected chi connectivity index (χ3v) is 4.82. The van der Waals surface area contributed by atoms with Gasteiger partial charge in [0.15, 0.2) is 0 Å². The van der Waals surface area contributed by atoms with Gasteiger partial charge in [0, 0.05) is 16.0 Å². The standard InChI is InChI=1S/C17H10Cl2N4O2S/c18-10-6-7-12(13(19)8-10)14-9-26-16-20-15(22-23(14)16)21-17(24)25-11-4-2-1-3-5-11/h1-9H,(H,21,22,24). The van der Waals surface area contributed by atoms with Crippen LogP contribution in [-0.2, 0) is 0 Å². The van der Waals surface area contributed by atoms with Gasteiger partial charge in [0.1, 0.15) is 5.75 Å². The molecule has 2 aromatic heterocycles. The van der Waals surface area contributed by atoms with E-state index in [1.165, 1.54) is 11.3 Å². The van der Waals surface area contributed by atoms with Crippen molar-refractivity contribution in [1.82, 2.24) is 14.6 Å². The summed E-state index contributed by atoms with van der Waals surface area (Å²) in [6.45, 7) is 0. The van der Waals surface area contributed by atoms with E-state index in [-0.39, 0.29) is 5.95 Å². The second-order valence-electron chi connectivity index (χ2n) is 5.20. The van der Waals surface area contributed by atoms with Gasteiger partial charge < -0.3 is 4.74 Å². The summed E-state index contributed by atoms with van der Waals surface area (Å²) >= 11 is 13.6. The summed E-state index contributed by atoms with van der Waals surface area (Å²) in [4.78, 5) is 16.9. The second-order valence-corrected chi connectivity index (χ2v) is 6.88. The first kappa shape index (κ1) is 16.8. The Bertz CT molecular complexity index is 1090. The Morgan fingerprint density at radius 3 is 2.73 bits per heavy atom. The molecule has 1 amide bonds. The van der Waals surface area contributed by atoms with Gasteiger partial charge in [-0.2, -0.15) is 4.98 Å². The van der Waals surface area contributed by atoms with E-state index in [9.17, 15) is 4.79 Å². The fraction of sp³-hybridized carbons (Fsp3) is 0. The Kier molecular flexibility index (Phi) is 4.50. The molecule has 0 aliphatic carbocycles. The highest BCUT2D eigenvalue weighted by Crippen LogP contribution is 2.33. The summed E-state index contributed by atoms with van der Waals surface area (Å²) in [5.74, 6) is 0.573. The maximum atomic E-state index is 12.0. The lowest BCUT2D eigenvalue weighted by molar-refractivity contribution is 0.215. The van der Waals surface area contributed by atoms with Crippen molar-refractivity contribution in [1.29, 1.82) is 0 Å². The first-order valence-corrected chi connectivity index (χ1v) is 9.07. The fourth-order valence-corrected chi connectivity index (χ4v) is 3.66. The van der Waals surface area contributed by atoms with Crippen molar-refractivity contribution in [2.24, 2.45) is 0 Å². The lowest BCUT2D eigenvalue weighted by Crippen LogP contribution is -2.17. The number of ether oxygens (including phenoxy) is 1. The third kappa shape index (κ3) is 3.37. The normalized spacial score (nSPS) is 10.8. The number of para-hydroxylation sites is 1. The summed E-state index contributed by atoms with van der Waals surface area (Å²) in [6.07, 6.45) is -0.666. The number of nitrogens with one attached hydrogen (secondary N) is 1. The lowest BCUT2D eigenvalue weighted by Gasteiger charge is -2.03. The van der Waals surface area contributed by atoms with Gasteiger partial charge in [-0.1, -0.05) is 41.4 Å². The minimum atomic E-state index is -0.666. The first-order valence-electron chi connectivity index (χ1n) is 7.44. The van der Waals surface area contributed by atoms with Crippen LogP contribution in [-0.4, -0.2) is 20.7 Å². The topological polar surface area (TPSA) is 68.5 Å². The Balaban J connectivity index is 1.59. The molecule has 26 heavy (non-hydrogen) atoms. The number of aromatic nitrogens is 3. The van der Waals surface area contributed by atoms with E-state index < -0.39 is 6.09 Å². The number of benzene rings is 2. The van der Waals surface area contributed by atoms with E-state index in [0.717, 1.165) is 11.3 Å². The van der Waals surface area contributed by atoms with Gasteiger partial charge >= 0.3 is 6.09 Å². The van der Waals surface area contributed by atoms with Crippen LogP contribution in [0, 0.1) is 0 Å². The molecular formula is C17H10Cl2N4O2S. The van der Waals surface area contributed by atoms with Crippen LogP contribution < -0.4 is 10.1 Å². The highest BCUT2D eigenvalue weighted by atomic mass is 35.5. The molecule has 4 rings (SSSR count). The molecule has 0 atom stereocenters. The van der Waals surface area contributed by atoms with Crippen LogP contribution in [0.4, 0.5) is 10.7 Å². The molecule has 0 unspecified atom stereocenters. The largest absolute Gasteiger partial charge is 0.419 e. The Hall–Kier alpha value is -2.61. The van der Waals surface area contributed by atoms with E-state index >= 15 is 0 Å². The molecule has 9 heteroatoms. The number of fused-ring (bicyclic) bond motifs is 1. The highest BCUT2D eigenvalue weighted by molar-refractivity contribution is 7.15. The molecule has 2 heterocycles. The third-order valence-electron chi connectivity index (χ3n) is 3.46. The average molecular weight is 405 g/mol. The zero-order chi connectivity index (χ0) is 18.1. The molecule has 0 saturated heterocycles. The SMILES string of the molecule is O=C(Nc1nc2scc(-c3ccc(Cl)cc3Cl)n2n1)Oc1ccccc1. The lowest BCUT2D eigenvalue weighted by atomic mass is 10.2. The molecule has 1 N–H and O–H groups in total. The molecule has 0 bridgehead atoms. The van der Waals surface area contributed by atoms with Gasteiger partial charge in [-0.25, -0.2) is 9.31 Å². The van der Waals surface area contributed by atoms with Crippen LogP contribution in [0.25, 0.3) is 16.2 Å². The van der Waals surface area contributed by atoms with E-state index in [0.29, 0.717) is 20.8 Å². The summed E-state index contributed by atoms with van der Waals surface area (Å²) < 4.78 is 6.78. The molecule has 0 saturated carbocycles. The zero-order valence-corrected chi connectivity index (χ0v) is 15.3. The van der Waals surface area contributed by atoms with E-state index in [1.807, 2.05) is 17.5 Å². The van der Waals surface area contributed by atoms with Gasteiger partial charge in [0.2, 0.25) is 4.96 Å². The van der Waals surface area contributed by atoms with E-state index in [4.69, 9.17) is 27.9 Å². The second kappa shape index (κ2) is 6.95. The average Bonchev–Trinajstić information content (AvgIpc) is 3.16. The summed E-state index contributed by atoms with van der Waals surface area (Å²) in [7, 11) is 0. The highest BCUT2D eigenvalue weighted by Gasteiger charge is 2.16. The van der Waals surface area contributed by atoms with Crippen molar-refractivity contribution in [3.05, 3.63) is 64.0 Å². The number of hydrogen-bond acceptors (Lipinski definition) is 5. The molecule has 4 aromatic rings. The van der Waals surface area contributed by atoms with Crippen LogP contribution >= 0.6 is 34.5 Å². The van der Waals surface area contributed by atoms with Crippen LogP contribution in [0.2, 0.25) is 10.0 Å². The minimum Gasteiger partial charge on any atom is -0.410 e. The van der Waals surface area contributed by atoms with Crippen LogP contribution in [0.5, 0.6) is 5.75 Å². The number of carbonyl (C=O) groups is 1. The molecule has 6 nitrogen and oxygen atoms in total. The Morgan fingerprint density at radius 2 is 1.96 bits per heavy atom. The van der Waals surface area contributed by atoms with Crippen molar-refractivity contribution >= 4 is 51.5 Å². The number of anilines is 1. The Labute approximate surface area is 162 Å². The molecule has 2 aromatic carbocycles. The minimum absolute atomic E-state index is 0.143. The zero-order valence-electron chi connectivity index (χ0n) is 13.0. The molecule has 130 valence electrons. The maximum absolute atomic E-state index is 12.0. The Morgan fingerprint density at radius 1 is 1.15 bits per heavy atom. The van der Waals surface area contributed by atoms with Gasteiger partial charge in [-0.05, 0) is 30.3 Å².